The quantitative estimate of drug-likeness (QED) is 0.668. The van der Waals surface area contributed by atoms with Crippen LogP contribution in [0.5, 0.6) is 0 Å². The number of nitrogens with zero attached hydrogens (tertiary/aromatic N) is 1. The van der Waals surface area contributed by atoms with Gasteiger partial charge in [-0.3, -0.25) is 4.90 Å². The van der Waals surface area contributed by atoms with Crippen LogP contribution in [0.15, 0.2) is 0 Å². The lowest BCUT2D eigenvalue weighted by Crippen LogP contribution is -2.62. The molecular weight excluding hydrogens is 364 g/mol. The molecule has 1 spiro atoms. The molecule has 5 nitrogen and oxygen atoms in total. The molecule has 0 aromatic rings. The van der Waals surface area contributed by atoms with E-state index in [1.165, 1.54) is 57.8 Å². The fourth-order valence-electron chi connectivity index (χ4n) is 7.32. The summed E-state index contributed by atoms with van der Waals surface area (Å²) in [6, 6.07) is 0.991. The van der Waals surface area contributed by atoms with Crippen molar-refractivity contribution in [2.45, 2.75) is 101 Å². The third-order valence-electron chi connectivity index (χ3n) is 8.81. The number of nitrogens with one attached hydrogen (secondary N) is 1. The molecule has 2 aliphatic carbocycles. The molecule has 1 N–H and O–H groups in total. The van der Waals surface area contributed by atoms with Crippen molar-refractivity contribution in [2.75, 3.05) is 39.5 Å². The van der Waals surface area contributed by atoms with Gasteiger partial charge in [0.15, 0.2) is 0 Å². The van der Waals surface area contributed by atoms with Gasteiger partial charge >= 0.3 is 0 Å². The van der Waals surface area contributed by atoms with E-state index >= 15 is 0 Å². The normalized spacial score (nSPS) is 47.5. The van der Waals surface area contributed by atoms with E-state index in [9.17, 15) is 0 Å². The van der Waals surface area contributed by atoms with Gasteiger partial charge in [-0.1, -0.05) is 12.8 Å². The van der Waals surface area contributed by atoms with Crippen molar-refractivity contribution in [3.8, 4) is 0 Å². The Morgan fingerprint density at radius 3 is 2.62 bits per heavy atom. The van der Waals surface area contributed by atoms with E-state index in [-0.39, 0.29) is 5.54 Å². The minimum atomic E-state index is 0.0707. The van der Waals surface area contributed by atoms with Gasteiger partial charge in [0.25, 0.3) is 0 Å². The molecule has 4 heterocycles. The lowest BCUT2D eigenvalue weighted by atomic mass is 9.71. The van der Waals surface area contributed by atoms with Crippen LogP contribution in [0.2, 0.25) is 0 Å². The molecule has 0 aromatic heterocycles. The van der Waals surface area contributed by atoms with E-state index in [2.05, 4.69) is 17.1 Å². The third kappa shape index (κ3) is 4.27. The Kier molecular flexibility index (Phi) is 6.50. The maximum Gasteiger partial charge on any atom is 0.0665 e. The van der Waals surface area contributed by atoms with Crippen LogP contribution in [0.1, 0.15) is 71.1 Å². The first-order chi connectivity index (χ1) is 14.3. The van der Waals surface area contributed by atoms with Crippen molar-refractivity contribution >= 4 is 0 Å². The third-order valence-corrected chi connectivity index (χ3v) is 8.81. The second-order valence-electron chi connectivity index (χ2n) is 10.5. The largest absolute Gasteiger partial charge is 0.378 e. The fourth-order valence-corrected chi connectivity index (χ4v) is 7.32. The zero-order chi connectivity index (χ0) is 19.7. The van der Waals surface area contributed by atoms with Crippen molar-refractivity contribution in [3.05, 3.63) is 0 Å². The predicted molar refractivity (Wildman–Crippen MR) is 114 cm³/mol. The molecule has 0 aromatic carbocycles. The van der Waals surface area contributed by atoms with Crippen LogP contribution in [-0.2, 0) is 14.2 Å². The summed E-state index contributed by atoms with van der Waals surface area (Å²) >= 11 is 0. The van der Waals surface area contributed by atoms with Gasteiger partial charge in [0, 0.05) is 25.7 Å². The number of ether oxygens (including phenoxy) is 3. The average Bonchev–Trinajstić information content (AvgIpc) is 3.00. The zero-order valence-corrected chi connectivity index (χ0v) is 18.4. The first-order valence-electron chi connectivity index (χ1n) is 12.6. The van der Waals surface area contributed by atoms with Crippen LogP contribution in [0.3, 0.4) is 0 Å². The molecule has 6 rings (SSSR count). The van der Waals surface area contributed by atoms with E-state index in [0.717, 1.165) is 57.8 Å². The van der Waals surface area contributed by atoms with E-state index in [0.29, 0.717) is 24.3 Å². The van der Waals surface area contributed by atoms with Crippen molar-refractivity contribution in [1.82, 2.24) is 10.2 Å². The zero-order valence-electron chi connectivity index (χ0n) is 18.4. The van der Waals surface area contributed by atoms with Crippen LogP contribution in [0.4, 0.5) is 0 Å². The summed E-state index contributed by atoms with van der Waals surface area (Å²) in [4.78, 5) is 2.71. The number of hydrogen-bond acceptors (Lipinski definition) is 5. The molecule has 2 unspecified atom stereocenters. The molecule has 0 radical (unpaired) electrons. The molecule has 5 atom stereocenters. The van der Waals surface area contributed by atoms with Gasteiger partial charge < -0.3 is 19.5 Å². The summed E-state index contributed by atoms with van der Waals surface area (Å²) in [5.41, 5.74) is 0.0707. The highest BCUT2D eigenvalue weighted by Crippen LogP contribution is 2.41. The number of hydrogen-bond donors (Lipinski definition) is 1. The highest BCUT2D eigenvalue weighted by atomic mass is 16.5. The van der Waals surface area contributed by atoms with Crippen LogP contribution in [0.25, 0.3) is 0 Å². The molecule has 166 valence electrons. The molecule has 2 saturated carbocycles. The van der Waals surface area contributed by atoms with Gasteiger partial charge in [-0.05, 0) is 70.1 Å². The standard InChI is InChI=1S/C24H42N2O3/c1-18-15-24(17-27-14-11-25-24)23-16-29-20-9-7-19(8-10-20)21-5-2-3-6-22(21)28-13-4-12-26(18)23/h18-23,25H,2-17H2,1H3/t18-,19?,20?,21?,22?,23+,24-/m1/s1. The average molecular weight is 407 g/mol. The van der Waals surface area contributed by atoms with Crippen LogP contribution < -0.4 is 5.32 Å². The summed E-state index contributed by atoms with van der Waals surface area (Å²) in [5, 5.41) is 3.86. The molecule has 5 heteroatoms. The Labute approximate surface area is 177 Å². The monoisotopic (exact) mass is 406 g/mol. The van der Waals surface area contributed by atoms with Crippen LogP contribution >= 0.6 is 0 Å². The summed E-state index contributed by atoms with van der Waals surface area (Å²) in [5.74, 6) is 1.67. The van der Waals surface area contributed by atoms with Gasteiger partial charge in [0.2, 0.25) is 0 Å². The predicted octanol–water partition coefficient (Wildman–Crippen LogP) is 3.36. The minimum Gasteiger partial charge on any atom is -0.378 e. The van der Waals surface area contributed by atoms with Gasteiger partial charge in [0.05, 0.1) is 43.6 Å². The minimum absolute atomic E-state index is 0.0707. The maximum atomic E-state index is 6.63. The Morgan fingerprint density at radius 2 is 1.79 bits per heavy atom. The van der Waals surface area contributed by atoms with E-state index < -0.39 is 0 Å². The SMILES string of the molecule is C[C@@H]1C[C@@]2(COCCN2)[C@@H]2COC3CCC(CC3)C3CCCCC3OCCCN12. The summed E-state index contributed by atoms with van der Waals surface area (Å²) in [7, 11) is 0. The molecule has 4 saturated heterocycles. The maximum absolute atomic E-state index is 6.63. The summed E-state index contributed by atoms with van der Waals surface area (Å²) < 4.78 is 19.2. The smallest absolute Gasteiger partial charge is 0.0665 e. The van der Waals surface area contributed by atoms with Crippen LogP contribution in [0, 0.1) is 11.8 Å². The fraction of sp³-hybridized carbons (Fsp3) is 1.00. The molecule has 6 fully saturated rings. The Bertz CT molecular complexity index is 530. The lowest BCUT2D eigenvalue weighted by molar-refractivity contribution is -0.0761. The molecule has 6 aliphatic rings. The first kappa shape index (κ1) is 20.7. The Hall–Kier alpha value is -0.200. The van der Waals surface area contributed by atoms with Crippen molar-refractivity contribution < 1.29 is 14.2 Å². The van der Waals surface area contributed by atoms with Crippen molar-refractivity contribution in [2.24, 2.45) is 11.8 Å². The Balaban J connectivity index is 1.32. The van der Waals surface area contributed by atoms with Crippen molar-refractivity contribution in [1.29, 1.82) is 0 Å². The Morgan fingerprint density at radius 1 is 0.931 bits per heavy atom. The van der Waals surface area contributed by atoms with Gasteiger partial charge in [-0.15, -0.1) is 0 Å². The summed E-state index contributed by atoms with van der Waals surface area (Å²) in [6.45, 7) is 7.91. The number of rotatable bonds is 0. The van der Waals surface area contributed by atoms with E-state index in [1.54, 1.807) is 0 Å². The second kappa shape index (κ2) is 9.12. The van der Waals surface area contributed by atoms with Gasteiger partial charge in [-0.2, -0.15) is 0 Å². The molecule has 0 amide bonds. The second-order valence-corrected chi connectivity index (χ2v) is 10.5. The molecule has 2 bridgehead atoms. The first-order valence-corrected chi connectivity index (χ1v) is 12.6. The molecular formula is C24H42N2O3. The molecule has 4 aliphatic heterocycles. The number of morpholine rings is 1. The number of fused-ring (bicyclic) bond motifs is 6. The lowest BCUT2D eigenvalue weighted by Gasteiger charge is -2.44. The molecule has 29 heavy (non-hydrogen) atoms. The van der Waals surface area contributed by atoms with Gasteiger partial charge in [-0.25, -0.2) is 0 Å². The van der Waals surface area contributed by atoms with Gasteiger partial charge in [0.1, 0.15) is 0 Å². The topological polar surface area (TPSA) is 43.0 Å². The highest BCUT2D eigenvalue weighted by molar-refractivity contribution is 5.10. The van der Waals surface area contributed by atoms with E-state index in [4.69, 9.17) is 14.2 Å². The van der Waals surface area contributed by atoms with Crippen LogP contribution in [-0.4, -0.2) is 74.2 Å². The van der Waals surface area contributed by atoms with Crippen molar-refractivity contribution in [3.63, 3.8) is 0 Å². The summed E-state index contributed by atoms with van der Waals surface area (Å²) in [6.07, 6.45) is 13.9. The highest BCUT2D eigenvalue weighted by Gasteiger charge is 2.51. The van der Waals surface area contributed by atoms with E-state index in [1.807, 2.05) is 0 Å².